The molecular formula is C21H20O10. The van der Waals surface area contributed by atoms with Gasteiger partial charge in [-0.1, -0.05) is 0 Å². The van der Waals surface area contributed by atoms with Gasteiger partial charge in [0.05, 0.1) is 17.7 Å². The lowest BCUT2D eigenvalue weighted by molar-refractivity contribution is -0.277. The number of rotatable bonds is 3. The third-order valence-corrected chi connectivity index (χ3v) is 5.38. The Kier molecular flexibility index (Phi) is 5.20. The molecule has 4 rings (SSSR count). The van der Waals surface area contributed by atoms with Crippen LogP contribution in [0, 0.1) is 6.92 Å². The van der Waals surface area contributed by atoms with E-state index in [1.165, 1.54) is 12.1 Å². The molecule has 0 spiro atoms. The highest BCUT2D eigenvalue weighted by molar-refractivity contribution is 6.30. The maximum absolute atomic E-state index is 13.2. The van der Waals surface area contributed by atoms with Crippen LogP contribution in [0.15, 0.2) is 24.3 Å². The van der Waals surface area contributed by atoms with E-state index in [4.69, 9.17) is 9.47 Å². The Morgan fingerprint density at radius 1 is 0.903 bits per heavy atom. The van der Waals surface area contributed by atoms with Crippen LogP contribution in [0.25, 0.3) is 0 Å². The van der Waals surface area contributed by atoms with Gasteiger partial charge >= 0.3 is 0 Å². The number of aliphatic hydroxyl groups is 4. The van der Waals surface area contributed by atoms with Crippen LogP contribution in [0.4, 0.5) is 0 Å². The molecule has 0 aromatic heterocycles. The van der Waals surface area contributed by atoms with Crippen LogP contribution in [0.1, 0.15) is 37.4 Å². The normalized spacial score (nSPS) is 27.6. The zero-order valence-corrected chi connectivity index (χ0v) is 16.2. The van der Waals surface area contributed by atoms with E-state index >= 15 is 0 Å². The number of phenols is 2. The van der Waals surface area contributed by atoms with E-state index in [0.717, 1.165) is 12.1 Å². The number of carbonyl (C=O) groups is 2. The maximum Gasteiger partial charge on any atom is 0.229 e. The van der Waals surface area contributed by atoms with E-state index in [1.54, 1.807) is 6.92 Å². The molecule has 1 aliphatic carbocycles. The first-order valence-corrected chi connectivity index (χ1v) is 9.41. The van der Waals surface area contributed by atoms with Crippen molar-refractivity contribution in [3.8, 4) is 17.2 Å². The molecule has 0 saturated carbocycles. The zero-order valence-electron chi connectivity index (χ0n) is 16.2. The van der Waals surface area contributed by atoms with Crippen LogP contribution in [0.3, 0.4) is 0 Å². The molecule has 2 aliphatic rings. The standard InChI is InChI=1S/C21H20O10/c1-7-2-9-14(11(24)3-7)18(27)15-10(16(9)25)4-8(23)5-12(15)30-21-20(29)19(28)17(26)13(6-22)31-21/h2-5,13,17,19-24,26,28-29H,6H2,1H3/t13-,17+,19-,20-,21+/m1/s1. The average Bonchev–Trinajstić information content (AvgIpc) is 2.71. The molecule has 0 bridgehead atoms. The highest BCUT2D eigenvalue weighted by Gasteiger charge is 2.45. The molecule has 10 nitrogen and oxygen atoms in total. The Hall–Kier alpha value is -3.02. The minimum atomic E-state index is -1.77. The number of aryl methyl sites for hydroxylation is 1. The summed E-state index contributed by atoms with van der Waals surface area (Å²) in [6.45, 7) is 0.949. The maximum atomic E-state index is 13.2. The predicted octanol–water partition coefficient (Wildman–Crippen LogP) is -0.640. The van der Waals surface area contributed by atoms with Crippen molar-refractivity contribution in [3.05, 3.63) is 52.1 Å². The smallest absolute Gasteiger partial charge is 0.229 e. The molecular weight excluding hydrogens is 412 g/mol. The van der Waals surface area contributed by atoms with Crippen molar-refractivity contribution < 1.29 is 49.7 Å². The number of benzene rings is 2. The number of aliphatic hydroxyl groups excluding tert-OH is 4. The quantitative estimate of drug-likeness (QED) is 0.312. The lowest BCUT2D eigenvalue weighted by Gasteiger charge is -2.39. The molecule has 1 saturated heterocycles. The number of hydrogen-bond acceptors (Lipinski definition) is 10. The monoisotopic (exact) mass is 432 g/mol. The van der Waals surface area contributed by atoms with E-state index in [2.05, 4.69) is 0 Å². The highest BCUT2D eigenvalue weighted by atomic mass is 16.7. The molecule has 1 fully saturated rings. The molecule has 31 heavy (non-hydrogen) atoms. The third-order valence-electron chi connectivity index (χ3n) is 5.38. The lowest BCUT2D eigenvalue weighted by Crippen LogP contribution is -2.60. The second kappa shape index (κ2) is 7.59. The Morgan fingerprint density at radius 3 is 2.26 bits per heavy atom. The largest absolute Gasteiger partial charge is 0.508 e. The highest BCUT2D eigenvalue weighted by Crippen LogP contribution is 2.40. The zero-order chi connectivity index (χ0) is 22.6. The number of fused-ring (bicyclic) bond motifs is 2. The summed E-state index contributed by atoms with van der Waals surface area (Å²) in [6, 6.07) is 4.87. The second-order valence-corrected chi connectivity index (χ2v) is 7.55. The first-order valence-electron chi connectivity index (χ1n) is 9.41. The summed E-state index contributed by atoms with van der Waals surface area (Å²) in [6.07, 6.45) is -8.02. The van der Waals surface area contributed by atoms with Crippen LogP contribution in [0.2, 0.25) is 0 Å². The first-order chi connectivity index (χ1) is 14.6. The van der Waals surface area contributed by atoms with Crippen LogP contribution in [-0.4, -0.2) is 79.5 Å². The van der Waals surface area contributed by atoms with E-state index in [9.17, 15) is 40.2 Å². The molecule has 0 amide bonds. The van der Waals surface area contributed by atoms with E-state index < -0.39 is 60.4 Å². The summed E-state index contributed by atoms with van der Waals surface area (Å²) in [7, 11) is 0. The van der Waals surface area contributed by atoms with Crippen LogP contribution in [0.5, 0.6) is 17.2 Å². The molecule has 0 unspecified atom stereocenters. The van der Waals surface area contributed by atoms with Gasteiger partial charge in [0.15, 0.2) is 5.78 Å². The molecule has 2 aromatic carbocycles. The molecule has 10 heteroatoms. The number of ketones is 2. The van der Waals surface area contributed by atoms with Gasteiger partial charge in [-0.05, 0) is 30.7 Å². The van der Waals surface area contributed by atoms with Crippen molar-refractivity contribution in [1.29, 1.82) is 0 Å². The van der Waals surface area contributed by atoms with Gasteiger partial charge in [0.25, 0.3) is 0 Å². The molecule has 2 aromatic rings. The fourth-order valence-electron chi connectivity index (χ4n) is 3.85. The molecule has 5 atom stereocenters. The number of carbonyl (C=O) groups excluding carboxylic acids is 2. The summed E-state index contributed by atoms with van der Waals surface area (Å²) >= 11 is 0. The van der Waals surface area contributed by atoms with Crippen molar-refractivity contribution in [2.45, 2.75) is 37.6 Å². The number of hydrogen-bond donors (Lipinski definition) is 6. The van der Waals surface area contributed by atoms with Gasteiger partial charge in [-0.3, -0.25) is 9.59 Å². The van der Waals surface area contributed by atoms with Crippen molar-refractivity contribution in [2.24, 2.45) is 0 Å². The Morgan fingerprint density at radius 2 is 1.58 bits per heavy atom. The van der Waals surface area contributed by atoms with Crippen molar-refractivity contribution in [3.63, 3.8) is 0 Å². The lowest BCUT2D eigenvalue weighted by atomic mass is 9.82. The van der Waals surface area contributed by atoms with E-state index in [0.29, 0.717) is 5.56 Å². The minimum Gasteiger partial charge on any atom is -0.508 e. The molecule has 1 heterocycles. The Balaban J connectivity index is 1.79. The predicted molar refractivity (Wildman–Crippen MR) is 102 cm³/mol. The first kappa shape index (κ1) is 21.2. The van der Waals surface area contributed by atoms with Gasteiger partial charge in [0.2, 0.25) is 12.1 Å². The third kappa shape index (κ3) is 3.34. The summed E-state index contributed by atoms with van der Waals surface area (Å²) < 4.78 is 10.8. The van der Waals surface area contributed by atoms with Gasteiger partial charge in [-0.15, -0.1) is 0 Å². The average molecular weight is 432 g/mol. The number of aromatic hydroxyl groups is 2. The van der Waals surface area contributed by atoms with Gasteiger partial charge in [-0.2, -0.15) is 0 Å². The molecule has 1 aliphatic heterocycles. The summed E-state index contributed by atoms with van der Waals surface area (Å²) in [5, 5.41) is 59.8. The van der Waals surface area contributed by atoms with Gasteiger partial charge in [0.1, 0.15) is 41.7 Å². The van der Waals surface area contributed by atoms with Crippen LogP contribution >= 0.6 is 0 Å². The second-order valence-electron chi connectivity index (χ2n) is 7.55. The van der Waals surface area contributed by atoms with Crippen LogP contribution < -0.4 is 4.74 Å². The van der Waals surface area contributed by atoms with E-state index in [1.807, 2.05) is 0 Å². The van der Waals surface area contributed by atoms with Crippen molar-refractivity contribution in [1.82, 2.24) is 0 Å². The summed E-state index contributed by atoms with van der Waals surface area (Å²) in [4.78, 5) is 26.2. The fraction of sp³-hybridized carbons (Fsp3) is 0.333. The Bertz CT molecular complexity index is 1080. The number of ether oxygens (including phenoxy) is 2. The summed E-state index contributed by atoms with van der Waals surface area (Å²) in [5.41, 5.74) is -0.154. The molecule has 0 radical (unpaired) electrons. The molecule has 164 valence electrons. The minimum absolute atomic E-state index is 0.0283. The van der Waals surface area contributed by atoms with Crippen LogP contribution in [-0.2, 0) is 4.74 Å². The fourth-order valence-corrected chi connectivity index (χ4v) is 3.85. The van der Waals surface area contributed by atoms with Crippen molar-refractivity contribution in [2.75, 3.05) is 6.61 Å². The summed E-state index contributed by atoms with van der Waals surface area (Å²) in [5.74, 6) is -2.53. The van der Waals surface area contributed by atoms with Gasteiger partial charge < -0.3 is 40.1 Å². The van der Waals surface area contributed by atoms with Gasteiger partial charge in [0, 0.05) is 17.2 Å². The topological polar surface area (TPSA) is 174 Å². The van der Waals surface area contributed by atoms with Gasteiger partial charge in [-0.25, -0.2) is 0 Å². The van der Waals surface area contributed by atoms with Crippen molar-refractivity contribution >= 4 is 11.6 Å². The SMILES string of the molecule is Cc1cc(O)c2c(c1)C(=O)c1cc(O)cc(O[C@H]3O[C@H](CO)[C@H](O)[C@@H](O)[C@H]3O)c1C2=O. The number of phenolic OH excluding ortho intramolecular Hbond substituents is 2. The molecule has 6 N–H and O–H groups in total. The van der Waals surface area contributed by atoms with E-state index in [-0.39, 0.29) is 28.0 Å². The Labute approximate surface area is 175 Å².